The molecule has 1 aromatic carbocycles. The highest BCUT2D eigenvalue weighted by molar-refractivity contribution is 5.84. The van der Waals surface area contributed by atoms with E-state index in [4.69, 9.17) is 4.74 Å². The van der Waals surface area contributed by atoms with Gasteiger partial charge in [0.15, 0.2) is 0 Å². The Hall–Kier alpha value is -2.37. The highest BCUT2D eigenvalue weighted by Gasteiger charge is 2.22. The van der Waals surface area contributed by atoms with E-state index in [-0.39, 0.29) is 11.8 Å². The Balaban J connectivity index is 2.02. The monoisotopic (exact) mass is 289 g/mol. The van der Waals surface area contributed by atoms with Gasteiger partial charge in [0, 0.05) is 16.9 Å². The number of nitrogens with zero attached hydrogens (tertiary/aromatic N) is 2. The van der Waals surface area contributed by atoms with E-state index in [0.29, 0.717) is 16.7 Å². The summed E-state index contributed by atoms with van der Waals surface area (Å²) in [7, 11) is 0. The second kappa shape index (κ2) is 5.55. The molecule has 0 unspecified atom stereocenters. The molecule has 1 aromatic heterocycles. The molecule has 6 heteroatoms. The first-order valence-corrected chi connectivity index (χ1v) is 7.14. The fourth-order valence-corrected chi connectivity index (χ4v) is 2.82. The zero-order valence-corrected chi connectivity index (χ0v) is 11.6. The Morgan fingerprint density at radius 2 is 2.05 bits per heavy atom. The smallest absolute Gasteiger partial charge is 0.338 e. The minimum absolute atomic E-state index is 0.149. The fourth-order valence-electron chi connectivity index (χ4n) is 2.82. The number of benzene rings is 1. The van der Waals surface area contributed by atoms with Crippen molar-refractivity contribution in [1.29, 1.82) is 0 Å². The lowest BCUT2D eigenvalue weighted by molar-refractivity contribution is -0.885. The van der Waals surface area contributed by atoms with Crippen LogP contribution < -0.4 is 9.47 Å². The summed E-state index contributed by atoms with van der Waals surface area (Å²) in [6.07, 6.45) is 6.78. The molecule has 0 saturated heterocycles. The summed E-state index contributed by atoms with van der Waals surface area (Å²) < 4.78 is 6.79. The Kier molecular flexibility index (Phi) is 3.60. The van der Waals surface area contributed by atoms with Crippen LogP contribution in [0.25, 0.3) is 10.9 Å². The van der Waals surface area contributed by atoms with Crippen molar-refractivity contribution in [2.24, 2.45) is 0 Å². The number of aromatic nitrogens is 1. The summed E-state index contributed by atoms with van der Waals surface area (Å²) in [6.45, 7) is 0. The van der Waals surface area contributed by atoms with Gasteiger partial charge in [0.1, 0.15) is 11.1 Å². The van der Waals surface area contributed by atoms with Gasteiger partial charge in [0.2, 0.25) is 0 Å². The quantitative estimate of drug-likeness (QED) is 0.408. The van der Waals surface area contributed by atoms with Crippen molar-refractivity contribution in [3.8, 4) is 5.75 Å². The predicted molar refractivity (Wildman–Crippen MR) is 75.5 cm³/mol. The molecule has 1 aliphatic rings. The van der Waals surface area contributed by atoms with Crippen LogP contribution in [0.1, 0.15) is 32.1 Å². The van der Waals surface area contributed by atoms with E-state index in [1.165, 1.54) is 12.5 Å². The zero-order chi connectivity index (χ0) is 14.8. The molecule has 21 heavy (non-hydrogen) atoms. The fraction of sp³-hybridized carbons (Fsp3) is 0.400. The molecular weight excluding hydrogens is 272 g/mol. The van der Waals surface area contributed by atoms with Crippen LogP contribution in [0.15, 0.2) is 30.5 Å². The number of nitro groups is 1. The standard InChI is InChI=1S/C15H17N2O4/c18-16-10-11(17(19)20)9-13-14(16)7-4-8-15(13)21-12-5-2-1-3-6-12/h4,7-10,12,18H,1-3,5-6H2/q+1. The number of fused-ring (bicyclic) bond motifs is 1. The van der Waals surface area contributed by atoms with E-state index in [0.717, 1.165) is 36.6 Å². The molecule has 1 N–H and O–H groups in total. The molecule has 2 aromatic rings. The maximum atomic E-state index is 10.9. The van der Waals surface area contributed by atoms with Gasteiger partial charge >= 0.3 is 5.69 Å². The van der Waals surface area contributed by atoms with Gasteiger partial charge in [0.25, 0.3) is 11.7 Å². The summed E-state index contributed by atoms with van der Waals surface area (Å²) in [5, 5.41) is 21.4. The highest BCUT2D eigenvalue weighted by atomic mass is 16.6. The van der Waals surface area contributed by atoms with Gasteiger partial charge in [-0.1, -0.05) is 12.5 Å². The van der Waals surface area contributed by atoms with Crippen LogP contribution in [0.2, 0.25) is 0 Å². The maximum absolute atomic E-state index is 10.9. The molecule has 6 nitrogen and oxygen atoms in total. The lowest BCUT2D eigenvalue weighted by Crippen LogP contribution is -2.31. The molecule has 0 atom stereocenters. The van der Waals surface area contributed by atoms with E-state index in [2.05, 4.69) is 0 Å². The summed E-state index contributed by atoms with van der Waals surface area (Å²) >= 11 is 0. The van der Waals surface area contributed by atoms with Gasteiger partial charge in [-0.2, -0.15) is 0 Å². The average molecular weight is 289 g/mol. The first-order valence-electron chi connectivity index (χ1n) is 7.14. The Bertz CT molecular complexity index is 681. The van der Waals surface area contributed by atoms with Gasteiger partial charge in [-0.25, -0.2) is 0 Å². The summed E-state index contributed by atoms with van der Waals surface area (Å²) in [5.41, 5.74) is 0.332. The topological polar surface area (TPSA) is 76.5 Å². The van der Waals surface area contributed by atoms with Crippen molar-refractivity contribution in [2.45, 2.75) is 38.2 Å². The van der Waals surface area contributed by atoms with E-state index < -0.39 is 4.92 Å². The van der Waals surface area contributed by atoms with Gasteiger partial charge in [-0.3, -0.25) is 15.3 Å². The molecule has 110 valence electrons. The Morgan fingerprint density at radius 1 is 1.29 bits per heavy atom. The average Bonchev–Trinajstić information content (AvgIpc) is 2.49. The Morgan fingerprint density at radius 3 is 2.76 bits per heavy atom. The van der Waals surface area contributed by atoms with Crippen molar-refractivity contribution in [1.82, 2.24) is 0 Å². The van der Waals surface area contributed by atoms with Crippen molar-refractivity contribution in [2.75, 3.05) is 0 Å². The van der Waals surface area contributed by atoms with Gasteiger partial charge in [0.05, 0.1) is 11.0 Å². The summed E-state index contributed by atoms with van der Waals surface area (Å²) in [5.74, 6) is 0.589. The SMILES string of the molecule is O=[N+]([O-])c1cc2c(OC3CCCCC3)cccc2[n+](O)c1. The van der Waals surface area contributed by atoms with Crippen molar-refractivity contribution < 1.29 is 19.6 Å². The molecule has 0 spiro atoms. The minimum atomic E-state index is -0.524. The third-order valence-corrected chi connectivity index (χ3v) is 3.89. The second-order valence-corrected chi connectivity index (χ2v) is 5.37. The van der Waals surface area contributed by atoms with Crippen molar-refractivity contribution in [3.05, 3.63) is 40.6 Å². The third-order valence-electron chi connectivity index (χ3n) is 3.89. The van der Waals surface area contributed by atoms with Crippen LogP contribution in [-0.2, 0) is 0 Å². The lowest BCUT2D eigenvalue weighted by atomic mass is 9.98. The highest BCUT2D eigenvalue weighted by Crippen LogP contribution is 2.30. The van der Waals surface area contributed by atoms with Crippen LogP contribution in [-0.4, -0.2) is 16.2 Å². The first-order chi connectivity index (χ1) is 10.1. The predicted octanol–water partition coefficient (Wildman–Crippen LogP) is 2.98. The van der Waals surface area contributed by atoms with Crippen molar-refractivity contribution >= 4 is 16.6 Å². The second-order valence-electron chi connectivity index (χ2n) is 5.37. The summed E-state index contributed by atoms with van der Waals surface area (Å²) in [4.78, 5) is 10.4. The number of hydrogen-bond acceptors (Lipinski definition) is 4. The van der Waals surface area contributed by atoms with Crippen LogP contribution in [0.4, 0.5) is 5.69 Å². The maximum Gasteiger partial charge on any atom is 0.338 e. The molecule has 3 rings (SSSR count). The molecule has 0 bridgehead atoms. The normalized spacial score (nSPS) is 16.0. The molecule has 1 aliphatic carbocycles. The van der Waals surface area contributed by atoms with Crippen LogP contribution in [0.5, 0.6) is 5.75 Å². The van der Waals surface area contributed by atoms with E-state index in [1.807, 2.05) is 0 Å². The van der Waals surface area contributed by atoms with E-state index in [1.54, 1.807) is 18.2 Å². The number of rotatable bonds is 3. The number of ether oxygens (including phenoxy) is 1. The molecule has 1 saturated carbocycles. The molecule has 0 aliphatic heterocycles. The Labute approximate surface area is 121 Å². The molecule has 0 radical (unpaired) electrons. The molecule has 1 heterocycles. The van der Waals surface area contributed by atoms with Gasteiger partial charge in [-0.05, 0) is 31.7 Å². The number of hydrogen-bond donors (Lipinski definition) is 1. The molecule has 0 amide bonds. The number of pyridine rings is 1. The van der Waals surface area contributed by atoms with Crippen LogP contribution >= 0.6 is 0 Å². The molecule has 1 fully saturated rings. The lowest BCUT2D eigenvalue weighted by Gasteiger charge is -2.23. The van der Waals surface area contributed by atoms with Crippen LogP contribution in [0, 0.1) is 10.1 Å². The van der Waals surface area contributed by atoms with Gasteiger partial charge in [-0.15, -0.1) is 0 Å². The van der Waals surface area contributed by atoms with E-state index >= 15 is 0 Å². The third kappa shape index (κ3) is 2.74. The largest absolute Gasteiger partial charge is 0.490 e. The molecular formula is C15H17N2O4+. The summed E-state index contributed by atoms with van der Waals surface area (Å²) in [6, 6.07) is 6.71. The zero-order valence-electron chi connectivity index (χ0n) is 11.6. The van der Waals surface area contributed by atoms with E-state index in [9.17, 15) is 15.3 Å². The van der Waals surface area contributed by atoms with Crippen molar-refractivity contribution in [3.63, 3.8) is 0 Å². The minimum Gasteiger partial charge on any atom is -0.490 e. The first kappa shape index (κ1) is 13.6. The van der Waals surface area contributed by atoms with Crippen LogP contribution in [0.3, 0.4) is 0 Å². The van der Waals surface area contributed by atoms with Gasteiger partial charge < -0.3 is 4.74 Å².